The summed E-state index contributed by atoms with van der Waals surface area (Å²) < 4.78 is 4.01. The van der Waals surface area contributed by atoms with Gasteiger partial charge in [0, 0.05) is 31.5 Å². The zero-order valence-corrected chi connectivity index (χ0v) is 12.7. The Morgan fingerprint density at radius 1 is 1.43 bits per heavy atom. The summed E-state index contributed by atoms with van der Waals surface area (Å²) in [5.74, 6) is 0.742. The van der Waals surface area contributed by atoms with Gasteiger partial charge in [-0.3, -0.25) is 0 Å². The first-order valence-corrected chi connectivity index (χ1v) is 7.77. The fourth-order valence-corrected chi connectivity index (χ4v) is 3.39. The van der Waals surface area contributed by atoms with Crippen LogP contribution in [0, 0.1) is 11.3 Å². The third-order valence-corrected chi connectivity index (χ3v) is 4.51. The Labute approximate surface area is 131 Å². The maximum Gasteiger partial charge on any atom is 0.225 e. The largest absolute Gasteiger partial charge is 0.370 e. The van der Waals surface area contributed by atoms with E-state index in [0.29, 0.717) is 5.56 Å². The van der Waals surface area contributed by atoms with Crippen LogP contribution in [-0.2, 0) is 0 Å². The molecule has 0 saturated carbocycles. The van der Waals surface area contributed by atoms with Crippen LogP contribution in [0.1, 0.15) is 18.4 Å². The molecule has 6 nitrogen and oxygen atoms in total. The Morgan fingerprint density at radius 2 is 2.24 bits per heavy atom. The highest BCUT2D eigenvalue weighted by molar-refractivity contribution is 7.10. The third-order valence-electron chi connectivity index (χ3n) is 3.35. The molecule has 1 N–H and O–H groups in total. The summed E-state index contributed by atoms with van der Waals surface area (Å²) in [6.45, 7) is 1.74. The van der Waals surface area contributed by atoms with Crippen molar-refractivity contribution in [1.29, 1.82) is 5.26 Å². The number of nitriles is 1. The second kappa shape index (κ2) is 6.24. The second-order valence-corrected chi connectivity index (χ2v) is 5.90. The van der Waals surface area contributed by atoms with Crippen LogP contribution in [0.15, 0.2) is 18.5 Å². The molecule has 0 bridgehead atoms. The summed E-state index contributed by atoms with van der Waals surface area (Å²) in [6.07, 6.45) is 5.57. The molecule has 1 aliphatic rings. The van der Waals surface area contributed by atoms with Crippen molar-refractivity contribution in [3.05, 3.63) is 29.2 Å². The van der Waals surface area contributed by atoms with Gasteiger partial charge in [0.05, 0.1) is 0 Å². The van der Waals surface area contributed by atoms with Gasteiger partial charge in [-0.1, -0.05) is 11.6 Å². The fraction of sp³-hybridized carbons (Fsp3) is 0.385. The maximum absolute atomic E-state index is 9.11. The minimum absolute atomic E-state index is 0.228. The molecule has 8 heteroatoms. The third kappa shape index (κ3) is 3.06. The molecule has 3 rings (SSSR count). The molecule has 21 heavy (non-hydrogen) atoms. The number of anilines is 2. The smallest absolute Gasteiger partial charge is 0.225 e. The molecule has 1 atom stereocenters. The normalized spacial score (nSPS) is 18.3. The average molecular weight is 321 g/mol. The Balaban J connectivity index is 1.71. The van der Waals surface area contributed by atoms with Crippen molar-refractivity contribution in [3.8, 4) is 6.07 Å². The van der Waals surface area contributed by atoms with Crippen molar-refractivity contribution < 1.29 is 0 Å². The van der Waals surface area contributed by atoms with E-state index in [4.69, 9.17) is 16.9 Å². The van der Waals surface area contributed by atoms with E-state index < -0.39 is 0 Å². The summed E-state index contributed by atoms with van der Waals surface area (Å²) in [5.41, 5.74) is 0.426. The Hall–Kier alpha value is -1.91. The molecule has 0 unspecified atom stereocenters. The lowest BCUT2D eigenvalue weighted by Gasteiger charge is -2.33. The van der Waals surface area contributed by atoms with Crippen LogP contribution < -0.4 is 10.2 Å². The zero-order chi connectivity index (χ0) is 14.7. The van der Waals surface area contributed by atoms with E-state index in [0.717, 1.165) is 36.9 Å². The van der Waals surface area contributed by atoms with Gasteiger partial charge in [-0.15, -0.1) is 0 Å². The molecule has 0 aromatic carbocycles. The van der Waals surface area contributed by atoms with Crippen LogP contribution >= 0.6 is 23.1 Å². The molecule has 1 saturated heterocycles. The summed E-state index contributed by atoms with van der Waals surface area (Å²) >= 11 is 7.12. The quantitative estimate of drug-likeness (QED) is 0.936. The highest BCUT2D eigenvalue weighted by Crippen LogP contribution is 2.29. The summed E-state index contributed by atoms with van der Waals surface area (Å²) in [6, 6.07) is 4.13. The van der Waals surface area contributed by atoms with Crippen molar-refractivity contribution >= 4 is 34.1 Å². The van der Waals surface area contributed by atoms with Gasteiger partial charge in [0.2, 0.25) is 5.95 Å². The van der Waals surface area contributed by atoms with Crippen LogP contribution in [0.3, 0.4) is 0 Å². The lowest BCUT2D eigenvalue weighted by atomic mass is 10.1. The molecule has 0 radical (unpaired) electrons. The van der Waals surface area contributed by atoms with Gasteiger partial charge in [-0.05, 0) is 30.4 Å². The van der Waals surface area contributed by atoms with Crippen molar-refractivity contribution in [2.45, 2.75) is 18.9 Å². The van der Waals surface area contributed by atoms with Crippen molar-refractivity contribution in [1.82, 2.24) is 14.3 Å². The number of halogens is 1. The topological polar surface area (TPSA) is 77.7 Å². The lowest BCUT2D eigenvalue weighted by Crippen LogP contribution is -2.42. The summed E-state index contributed by atoms with van der Waals surface area (Å²) in [5, 5.41) is 13.5. The minimum atomic E-state index is 0.228. The van der Waals surface area contributed by atoms with Gasteiger partial charge in [0.1, 0.15) is 16.6 Å². The molecule has 0 spiro atoms. The number of hydrogen-bond donors (Lipinski definition) is 1. The Morgan fingerprint density at radius 3 is 3.00 bits per heavy atom. The van der Waals surface area contributed by atoms with Gasteiger partial charge < -0.3 is 10.2 Å². The number of nitrogens with one attached hydrogen (secondary N) is 1. The van der Waals surface area contributed by atoms with E-state index in [-0.39, 0.29) is 11.2 Å². The van der Waals surface area contributed by atoms with E-state index in [2.05, 4.69) is 30.6 Å². The van der Waals surface area contributed by atoms with Gasteiger partial charge in [-0.25, -0.2) is 9.97 Å². The first-order valence-electron chi connectivity index (χ1n) is 6.61. The molecule has 0 amide bonds. The van der Waals surface area contributed by atoms with Gasteiger partial charge in [0.15, 0.2) is 5.15 Å². The predicted octanol–water partition coefficient (Wildman–Crippen LogP) is 2.54. The fourth-order valence-electron chi connectivity index (χ4n) is 2.38. The van der Waals surface area contributed by atoms with Crippen LogP contribution in [-0.4, -0.2) is 33.5 Å². The Kier molecular flexibility index (Phi) is 4.18. The maximum atomic E-state index is 9.11. The van der Waals surface area contributed by atoms with Crippen molar-refractivity contribution in [2.24, 2.45) is 0 Å². The van der Waals surface area contributed by atoms with E-state index in [1.165, 1.54) is 11.5 Å². The molecule has 1 aliphatic heterocycles. The lowest BCUT2D eigenvalue weighted by molar-refractivity contribution is 0.523. The molecular weight excluding hydrogens is 308 g/mol. The molecule has 0 aliphatic carbocycles. The number of hydrogen-bond acceptors (Lipinski definition) is 7. The van der Waals surface area contributed by atoms with E-state index in [9.17, 15) is 0 Å². The predicted molar refractivity (Wildman–Crippen MR) is 82.7 cm³/mol. The summed E-state index contributed by atoms with van der Waals surface area (Å²) in [4.78, 5) is 10.7. The molecule has 3 heterocycles. The zero-order valence-electron chi connectivity index (χ0n) is 11.2. The van der Waals surface area contributed by atoms with Gasteiger partial charge in [-0.2, -0.15) is 9.64 Å². The van der Waals surface area contributed by atoms with Crippen LogP contribution in [0.4, 0.5) is 10.9 Å². The molecule has 2 aromatic rings. The van der Waals surface area contributed by atoms with Gasteiger partial charge >= 0.3 is 0 Å². The first-order chi connectivity index (χ1) is 10.3. The standard InChI is InChI=1S/C13H13ClN6S/c14-11-10(7-15)12(21-19-11)18-9-3-1-6-20(8-9)13-16-4-2-5-17-13/h2,4-5,9,18H,1,3,6,8H2/t9-/m0/s1. The van der Waals surface area contributed by atoms with E-state index in [1.807, 2.05) is 6.07 Å². The number of piperidine rings is 1. The van der Waals surface area contributed by atoms with Gasteiger partial charge in [0.25, 0.3) is 0 Å². The number of aromatic nitrogens is 3. The van der Waals surface area contributed by atoms with Crippen LogP contribution in [0.5, 0.6) is 0 Å². The number of rotatable bonds is 3. The highest BCUT2D eigenvalue weighted by atomic mass is 35.5. The summed E-state index contributed by atoms with van der Waals surface area (Å²) in [7, 11) is 0. The van der Waals surface area contributed by atoms with Crippen LogP contribution in [0.2, 0.25) is 5.15 Å². The average Bonchev–Trinajstić information content (AvgIpc) is 2.88. The van der Waals surface area contributed by atoms with Crippen molar-refractivity contribution in [2.75, 3.05) is 23.3 Å². The molecular formula is C13H13ClN6S. The van der Waals surface area contributed by atoms with E-state index >= 15 is 0 Å². The highest BCUT2D eigenvalue weighted by Gasteiger charge is 2.23. The Bertz CT molecular complexity index is 652. The van der Waals surface area contributed by atoms with E-state index in [1.54, 1.807) is 12.4 Å². The minimum Gasteiger partial charge on any atom is -0.370 e. The number of nitrogens with zero attached hydrogens (tertiary/aromatic N) is 5. The molecule has 108 valence electrons. The SMILES string of the molecule is N#Cc1c(Cl)nsc1N[C@H]1CCCN(c2ncccn2)C1. The van der Waals surface area contributed by atoms with Crippen molar-refractivity contribution in [3.63, 3.8) is 0 Å². The molecule has 2 aromatic heterocycles. The second-order valence-electron chi connectivity index (χ2n) is 4.77. The molecule has 1 fully saturated rings. The first kappa shape index (κ1) is 14.0. The van der Waals surface area contributed by atoms with Crippen LogP contribution in [0.25, 0.3) is 0 Å². The monoisotopic (exact) mass is 320 g/mol.